The fourth-order valence-electron chi connectivity index (χ4n) is 2.42. The Balaban J connectivity index is 2.13. The summed E-state index contributed by atoms with van der Waals surface area (Å²) in [5, 5.41) is 8.75. The molecule has 4 heteroatoms. The summed E-state index contributed by atoms with van der Waals surface area (Å²) in [6.07, 6.45) is 2.06. The molecule has 0 aliphatic heterocycles. The van der Waals surface area contributed by atoms with Gasteiger partial charge in [-0.2, -0.15) is 5.10 Å². The minimum absolute atomic E-state index is 0.198. The summed E-state index contributed by atoms with van der Waals surface area (Å²) in [6, 6.07) is 8.38. The van der Waals surface area contributed by atoms with Gasteiger partial charge in [0.2, 0.25) is 0 Å². The van der Waals surface area contributed by atoms with Crippen LogP contribution in [0.25, 0.3) is 0 Å². The molecule has 1 heterocycles. The maximum absolute atomic E-state index is 6.23. The molecular weight excluding hydrogens is 258 g/mol. The molecule has 0 bridgehead atoms. The molecular formula is C15H20ClN3. The monoisotopic (exact) mass is 277 g/mol. The predicted octanol–water partition coefficient (Wildman–Crippen LogP) is 3.79. The number of benzene rings is 1. The number of aryl methyl sites for hydroxylation is 2. The standard InChI is InChI=1S/C15H20ClN3/c1-10(13-7-5-6-8-15(13)16)17-11(2)14-9-19(4)18-12(14)3/h5-11,17H,1-4H3/t10-,11?/m1/s1. The molecule has 2 aromatic rings. The zero-order valence-corrected chi connectivity index (χ0v) is 12.6. The van der Waals surface area contributed by atoms with Crippen molar-refractivity contribution in [2.75, 3.05) is 0 Å². The van der Waals surface area contributed by atoms with Crippen LogP contribution in [0, 0.1) is 6.92 Å². The molecule has 2 atom stereocenters. The molecule has 1 aromatic heterocycles. The third-order valence-corrected chi connectivity index (χ3v) is 3.73. The third-order valence-electron chi connectivity index (χ3n) is 3.39. The first kappa shape index (κ1) is 14.1. The molecule has 0 radical (unpaired) electrons. The van der Waals surface area contributed by atoms with Crippen LogP contribution in [0.1, 0.15) is 42.8 Å². The quantitative estimate of drug-likeness (QED) is 0.921. The summed E-state index contributed by atoms with van der Waals surface area (Å²) in [7, 11) is 1.95. The van der Waals surface area contributed by atoms with Crippen molar-refractivity contribution in [1.82, 2.24) is 15.1 Å². The first-order chi connectivity index (χ1) is 8.99. The zero-order chi connectivity index (χ0) is 14.0. The van der Waals surface area contributed by atoms with Gasteiger partial charge in [-0.15, -0.1) is 0 Å². The minimum Gasteiger partial charge on any atom is -0.303 e. The second kappa shape index (κ2) is 5.76. The van der Waals surface area contributed by atoms with Gasteiger partial charge in [-0.05, 0) is 32.4 Å². The number of aromatic nitrogens is 2. The van der Waals surface area contributed by atoms with Gasteiger partial charge in [0.05, 0.1) is 5.69 Å². The zero-order valence-electron chi connectivity index (χ0n) is 11.8. The first-order valence-corrected chi connectivity index (χ1v) is 6.87. The molecule has 0 fully saturated rings. The van der Waals surface area contributed by atoms with Crippen molar-refractivity contribution in [2.24, 2.45) is 7.05 Å². The molecule has 1 aromatic carbocycles. The maximum Gasteiger partial charge on any atom is 0.0641 e. The highest BCUT2D eigenvalue weighted by Gasteiger charge is 2.16. The van der Waals surface area contributed by atoms with Crippen LogP contribution >= 0.6 is 11.6 Å². The third kappa shape index (κ3) is 3.17. The summed E-state index contributed by atoms with van der Waals surface area (Å²) in [6.45, 7) is 6.31. The van der Waals surface area contributed by atoms with Gasteiger partial charge in [-0.3, -0.25) is 4.68 Å². The second-order valence-corrected chi connectivity index (χ2v) is 5.38. The summed E-state index contributed by atoms with van der Waals surface area (Å²) in [5.74, 6) is 0. The predicted molar refractivity (Wildman–Crippen MR) is 79.4 cm³/mol. The first-order valence-electron chi connectivity index (χ1n) is 6.49. The van der Waals surface area contributed by atoms with Crippen LogP contribution in [0.2, 0.25) is 5.02 Å². The van der Waals surface area contributed by atoms with Crippen LogP contribution < -0.4 is 5.32 Å². The van der Waals surface area contributed by atoms with Crippen molar-refractivity contribution in [3.8, 4) is 0 Å². The maximum atomic E-state index is 6.23. The number of rotatable bonds is 4. The van der Waals surface area contributed by atoms with Crippen molar-refractivity contribution >= 4 is 11.6 Å². The fraction of sp³-hybridized carbons (Fsp3) is 0.400. The van der Waals surface area contributed by atoms with Crippen molar-refractivity contribution in [3.05, 3.63) is 52.3 Å². The highest BCUT2D eigenvalue weighted by molar-refractivity contribution is 6.31. The lowest BCUT2D eigenvalue weighted by Gasteiger charge is -2.21. The average molecular weight is 278 g/mol. The summed E-state index contributed by atoms with van der Waals surface area (Å²) in [4.78, 5) is 0. The van der Waals surface area contributed by atoms with Crippen molar-refractivity contribution in [2.45, 2.75) is 32.9 Å². The molecule has 0 amide bonds. The average Bonchev–Trinajstić information content (AvgIpc) is 2.69. The minimum atomic E-state index is 0.198. The second-order valence-electron chi connectivity index (χ2n) is 4.98. The SMILES string of the molecule is Cc1nn(C)cc1C(C)N[C@H](C)c1ccccc1Cl. The van der Waals surface area contributed by atoms with Crippen LogP contribution in [0.3, 0.4) is 0 Å². The largest absolute Gasteiger partial charge is 0.303 e. The number of nitrogens with one attached hydrogen (secondary N) is 1. The van der Waals surface area contributed by atoms with Crippen molar-refractivity contribution in [3.63, 3.8) is 0 Å². The lowest BCUT2D eigenvalue weighted by Crippen LogP contribution is -2.23. The summed E-state index contributed by atoms with van der Waals surface area (Å²) in [5.41, 5.74) is 3.41. The highest BCUT2D eigenvalue weighted by Crippen LogP contribution is 2.25. The van der Waals surface area contributed by atoms with Crippen LogP contribution in [0.15, 0.2) is 30.5 Å². The molecule has 102 valence electrons. The van der Waals surface area contributed by atoms with Gasteiger partial charge in [0.15, 0.2) is 0 Å². The highest BCUT2D eigenvalue weighted by atomic mass is 35.5. The Bertz CT molecular complexity index is 562. The van der Waals surface area contributed by atoms with Crippen LogP contribution in [-0.4, -0.2) is 9.78 Å². The Kier molecular flexibility index (Phi) is 4.27. The van der Waals surface area contributed by atoms with Gasteiger partial charge in [-0.1, -0.05) is 29.8 Å². The van der Waals surface area contributed by atoms with E-state index in [0.29, 0.717) is 0 Å². The molecule has 0 saturated carbocycles. The Hall–Kier alpha value is -1.32. The molecule has 0 aliphatic rings. The molecule has 3 nitrogen and oxygen atoms in total. The summed E-state index contributed by atoms with van der Waals surface area (Å²) < 4.78 is 1.85. The Morgan fingerprint density at radius 2 is 1.79 bits per heavy atom. The number of halogens is 1. The molecule has 0 aliphatic carbocycles. The van der Waals surface area contributed by atoms with Crippen LogP contribution in [0.4, 0.5) is 0 Å². The Labute approximate surface area is 119 Å². The van der Waals surface area contributed by atoms with E-state index in [1.165, 1.54) is 5.56 Å². The fourth-order valence-corrected chi connectivity index (χ4v) is 2.72. The van der Waals surface area contributed by atoms with Gasteiger partial charge in [0, 0.05) is 35.9 Å². The lowest BCUT2D eigenvalue weighted by molar-refractivity contribution is 0.493. The molecule has 0 spiro atoms. The number of hydrogen-bond acceptors (Lipinski definition) is 2. The lowest BCUT2D eigenvalue weighted by atomic mass is 10.0. The number of hydrogen-bond donors (Lipinski definition) is 1. The van der Waals surface area contributed by atoms with Gasteiger partial charge >= 0.3 is 0 Å². The van der Waals surface area contributed by atoms with Crippen LogP contribution in [0.5, 0.6) is 0 Å². The number of nitrogens with zero attached hydrogens (tertiary/aromatic N) is 2. The Morgan fingerprint density at radius 1 is 1.16 bits per heavy atom. The van der Waals surface area contributed by atoms with Crippen LogP contribution in [-0.2, 0) is 7.05 Å². The molecule has 1 unspecified atom stereocenters. The van der Waals surface area contributed by atoms with E-state index >= 15 is 0 Å². The van der Waals surface area contributed by atoms with E-state index in [2.05, 4.69) is 36.5 Å². The van der Waals surface area contributed by atoms with E-state index in [4.69, 9.17) is 11.6 Å². The summed E-state index contributed by atoms with van der Waals surface area (Å²) >= 11 is 6.23. The normalized spacial score (nSPS) is 14.4. The molecule has 19 heavy (non-hydrogen) atoms. The molecule has 0 saturated heterocycles. The van der Waals surface area contributed by atoms with Crippen molar-refractivity contribution in [1.29, 1.82) is 0 Å². The molecule has 1 N–H and O–H groups in total. The smallest absolute Gasteiger partial charge is 0.0641 e. The van der Waals surface area contributed by atoms with E-state index in [1.54, 1.807) is 0 Å². The van der Waals surface area contributed by atoms with Gasteiger partial charge in [0.25, 0.3) is 0 Å². The van der Waals surface area contributed by atoms with E-state index in [1.807, 2.05) is 36.9 Å². The van der Waals surface area contributed by atoms with E-state index in [-0.39, 0.29) is 12.1 Å². The topological polar surface area (TPSA) is 29.9 Å². The van der Waals surface area contributed by atoms with Crippen molar-refractivity contribution < 1.29 is 0 Å². The van der Waals surface area contributed by atoms with E-state index in [0.717, 1.165) is 16.3 Å². The van der Waals surface area contributed by atoms with Gasteiger partial charge in [-0.25, -0.2) is 0 Å². The van der Waals surface area contributed by atoms with Gasteiger partial charge in [0.1, 0.15) is 0 Å². The van der Waals surface area contributed by atoms with Gasteiger partial charge < -0.3 is 5.32 Å². The molecule has 2 rings (SSSR count). The van der Waals surface area contributed by atoms with E-state index < -0.39 is 0 Å². The Morgan fingerprint density at radius 3 is 2.37 bits per heavy atom. The van der Waals surface area contributed by atoms with E-state index in [9.17, 15) is 0 Å².